The molecular weight excluding hydrogens is 475 g/mol. The van der Waals surface area contributed by atoms with E-state index in [4.69, 9.17) is 2.51 Å². The predicted molar refractivity (Wildman–Crippen MR) is 119 cm³/mol. The second kappa shape index (κ2) is 8.19. The Balaban J connectivity index is 2.46. The fourth-order valence-corrected chi connectivity index (χ4v) is 8.53. The van der Waals surface area contributed by atoms with Crippen LogP contribution in [0.4, 0.5) is 0 Å². The summed E-state index contributed by atoms with van der Waals surface area (Å²) in [4.78, 5) is 0. The Bertz CT molecular complexity index is 801. The molecule has 0 aliphatic carbocycles. The molecule has 0 aliphatic heterocycles. The first-order valence-electron chi connectivity index (χ1n) is 8.75. The summed E-state index contributed by atoms with van der Waals surface area (Å²) in [5.74, 6) is 0. The first-order chi connectivity index (χ1) is 12.3. The zero-order valence-corrected chi connectivity index (χ0v) is 20.0. The first kappa shape index (κ1) is 22.3. The van der Waals surface area contributed by atoms with Gasteiger partial charge in [-0.3, -0.25) is 0 Å². The molecule has 0 N–H and O–H groups in total. The third-order valence-electron chi connectivity index (χ3n) is 4.16. The molecular formula is C21H29IO4S. The van der Waals surface area contributed by atoms with Crippen LogP contribution >= 0.6 is 20.2 Å². The number of rotatable bonds is 5. The number of hydrogen-bond donors (Lipinski definition) is 0. The zero-order chi connectivity index (χ0) is 20.5. The molecule has 0 saturated carbocycles. The van der Waals surface area contributed by atoms with Gasteiger partial charge in [-0.1, -0.05) is 0 Å². The van der Waals surface area contributed by atoms with Crippen LogP contribution in [0, 0.1) is 7.14 Å². The van der Waals surface area contributed by atoms with Gasteiger partial charge in [0.05, 0.1) is 0 Å². The van der Waals surface area contributed by atoms with Crippen molar-refractivity contribution in [3.63, 3.8) is 0 Å². The quantitative estimate of drug-likeness (QED) is 0.494. The molecule has 0 unspecified atom stereocenters. The van der Waals surface area contributed by atoms with Gasteiger partial charge in [0.25, 0.3) is 0 Å². The maximum absolute atomic E-state index is 12.0. The molecule has 4 nitrogen and oxygen atoms in total. The van der Waals surface area contributed by atoms with Crippen LogP contribution in [0.15, 0.2) is 48.5 Å². The minimum absolute atomic E-state index is 0.0331. The summed E-state index contributed by atoms with van der Waals surface area (Å²) >= 11 is -2.67. The Morgan fingerprint density at radius 3 is 1.30 bits per heavy atom. The average molecular weight is 504 g/mol. The fraction of sp³-hybridized carbons (Fsp3) is 0.429. The first-order valence-corrected chi connectivity index (χ1v) is 13.1. The molecule has 0 aliphatic rings. The number of benzene rings is 2. The number of halogens is 1. The Morgan fingerprint density at radius 1 is 0.704 bits per heavy atom. The van der Waals surface area contributed by atoms with Crippen LogP contribution in [0.5, 0.6) is 0 Å². The Morgan fingerprint density at radius 2 is 1.04 bits per heavy atom. The van der Waals surface area contributed by atoms with E-state index < -0.39 is 30.6 Å². The normalized spacial score (nSPS) is 13.5. The van der Waals surface area contributed by atoms with Gasteiger partial charge >= 0.3 is 172 Å². The standard InChI is InChI=1S/C21H29IO4S/c1-20(2,3)16-8-12-18(13-9-16)22(26-27(23,24)25-7)19-14-10-17(11-15-19)21(4,5)6/h8-15H,1-7H3. The molecule has 0 heterocycles. The summed E-state index contributed by atoms with van der Waals surface area (Å²) in [6, 6.07) is 16.1. The molecule has 0 aromatic heterocycles. The third kappa shape index (κ3) is 6.01. The molecule has 0 bridgehead atoms. The molecule has 0 saturated heterocycles. The van der Waals surface area contributed by atoms with Gasteiger partial charge < -0.3 is 0 Å². The summed E-state index contributed by atoms with van der Waals surface area (Å²) in [6.45, 7) is 12.9. The van der Waals surface area contributed by atoms with E-state index in [9.17, 15) is 8.42 Å². The van der Waals surface area contributed by atoms with Crippen molar-refractivity contribution < 1.29 is 15.1 Å². The molecule has 6 heteroatoms. The molecule has 0 amide bonds. The van der Waals surface area contributed by atoms with Crippen molar-refractivity contribution >= 4 is 30.6 Å². The van der Waals surface area contributed by atoms with Crippen molar-refractivity contribution in [2.24, 2.45) is 0 Å². The van der Waals surface area contributed by atoms with Crippen LogP contribution in [0.1, 0.15) is 52.7 Å². The molecule has 27 heavy (non-hydrogen) atoms. The monoisotopic (exact) mass is 504 g/mol. The van der Waals surface area contributed by atoms with Crippen molar-refractivity contribution in [3.05, 3.63) is 66.8 Å². The van der Waals surface area contributed by atoms with Crippen molar-refractivity contribution in [2.75, 3.05) is 7.11 Å². The second-order valence-electron chi connectivity index (χ2n) is 8.40. The van der Waals surface area contributed by atoms with E-state index >= 15 is 0 Å². The van der Waals surface area contributed by atoms with Gasteiger partial charge in [-0.05, 0) is 0 Å². The van der Waals surface area contributed by atoms with Crippen molar-refractivity contribution in [1.82, 2.24) is 0 Å². The number of hydrogen-bond acceptors (Lipinski definition) is 4. The predicted octanol–water partition coefficient (Wildman–Crippen LogP) is 5.65. The van der Waals surface area contributed by atoms with E-state index in [2.05, 4.69) is 45.7 Å². The molecule has 0 radical (unpaired) electrons. The van der Waals surface area contributed by atoms with E-state index in [1.807, 2.05) is 48.5 Å². The summed E-state index contributed by atoms with van der Waals surface area (Å²) in [7, 11) is -2.90. The van der Waals surface area contributed by atoms with Gasteiger partial charge in [-0.25, -0.2) is 0 Å². The Kier molecular flexibility index (Phi) is 6.77. The average Bonchev–Trinajstić information content (AvgIpc) is 2.58. The molecule has 0 spiro atoms. The van der Waals surface area contributed by atoms with Gasteiger partial charge in [0, 0.05) is 0 Å². The SMILES string of the molecule is COS(=O)(=O)OI(c1ccc(C(C)(C)C)cc1)c1ccc(C(C)(C)C)cc1. The molecule has 150 valence electrons. The van der Waals surface area contributed by atoms with E-state index in [-0.39, 0.29) is 10.8 Å². The molecule has 2 aromatic carbocycles. The van der Waals surface area contributed by atoms with Gasteiger partial charge in [0.1, 0.15) is 0 Å². The maximum atomic E-state index is 12.0. The summed E-state index contributed by atoms with van der Waals surface area (Å²) in [5.41, 5.74) is 2.45. The van der Waals surface area contributed by atoms with Crippen LogP contribution in [-0.4, -0.2) is 15.5 Å². The molecule has 2 rings (SSSR count). The van der Waals surface area contributed by atoms with Gasteiger partial charge in [-0.15, -0.1) is 0 Å². The van der Waals surface area contributed by atoms with E-state index in [1.165, 1.54) is 11.1 Å². The minimum atomic E-state index is -4.02. The van der Waals surface area contributed by atoms with Gasteiger partial charge in [0.15, 0.2) is 0 Å². The van der Waals surface area contributed by atoms with E-state index in [1.54, 1.807) is 0 Å². The third-order valence-corrected chi connectivity index (χ3v) is 11.0. The Labute approximate surface area is 171 Å². The van der Waals surface area contributed by atoms with Gasteiger partial charge in [0.2, 0.25) is 0 Å². The van der Waals surface area contributed by atoms with E-state index in [0.29, 0.717) is 0 Å². The van der Waals surface area contributed by atoms with Crippen molar-refractivity contribution in [2.45, 2.75) is 52.4 Å². The fourth-order valence-electron chi connectivity index (χ4n) is 2.43. The second-order valence-corrected chi connectivity index (χ2v) is 14.7. The topological polar surface area (TPSA) is 52.6 Å². The van der Waals surface area contributed by atoms with Crippen molar-refractivity contribution in [1.29, 1.82) is 0 Å². The van der Waals surface area contributed by atoms with E-state index in [0.717, 1.165) is 14.3 Å². The van der Waals surface area contributed by atoms with Gasteiger partial charge in [-0.2, -0.15) is 0 Å². The summed E-state index contributed by atoms with van der Waals surface area (Å²) in [6.07, 6.45) is 0. The Hall–Kier alpha value is -0.960. The van der Waals surface area contributed by atoms with Crippen LogP contribution in [0.25, 0.3) is 0 Å². The summed E-state index contributed by atoms with van der Waals surface area (Å²) < 4.78 is 35.9. The molecule has 0 atom stereocenters. The van der Waals surface area contributed by atoms with Crippen LogP contribution in [-0.2, 0) is 27.9 Å². The van der Waals surface area contributed by atoms with Crippen LogP contribution < -0.4 is 0 Å². The summed E-state index contributed by atoms with van der Waals surface area (Å²) in [5, 5.41) is 0. The van der Waals surface area contributed by atoms with Crippen molar-refractivity contribution in [3.8, 4) is 0 Å². The molecule has 2 aromatic rings. The van der Waals surface area contributed by atoms with Crippen LogP contribution in [0.3, 0.4) is 0 Å². The zero-order valence-electron chi connectivity index (χ0n) is 17.0. The molecule has 0 fully saturated rings. The van der Waals surface area contributed by atoms with Crippen LogP contribution in [0.2, 0.25) is 0 Å².